The zero-order valence-electron chi connectivity index (χ0n) is 11.0. The molecule has 1 aliphatic rings. The van der Waals surface area contributed by atoms with Crippen LogP contribution in [0.5, 0.6) is 5.75 Å². The Kier molecular flexibility index (Phi) is 3.14. The van der Waals surface area contributed by atoms with Crippen LogP contribution >= 0.6 is 0 Å². The lowest BCUT2D eigenvalue weighted by atomic mass is 10.1. The van der Waals surface area contributed by atoms with E-state index in [1.165, 1.54) is 12.1 Å². The predicted molar refractivity (Wildman–Crippen MR) is 74.3 cm³/mol. The highest BCUT2D eigenvalue weighted by atomic mass is 19.1. The molecular weight excluding hydrogens is 257 g/mol. The van der Waals surface area contributed by atoms with Crippen LogP contribution in [-0.4, -0.2) is 12.0 Å². The van der Waals surface area contributed by atoms with E-state index in [0.717, 1.165) is 16.9 Å². The van der Waals surface area contributed by atoms with Gasteiger partial charge in [-0.05, 0) is 36.2 Å². The molecule has 0 saturated heterocycles. The van der Waals surface area contributed by atoms with Crippen LogP contribution in [-0.2, 0) is 11.2 Å². The van der Waals surface area contributed by atoms with E-state index in [4.69, 9.17) is 4.74 Å². The van der Waals surface area contributed by atoms with Gasteiger partial charge in [0.15, 0.2) is 6.10 Å². The molecule has 1 heterocycles. The minimum atomic E-state index is -0.560. The third kappa shape index (κ3) is 2.37. The van der Waals surface area contributed by atoms with E-state index < -0.39 is 6.10 Å². The summed E-state index contributed by atoms with van der Waals surface area (Å²) in [6.07, 6.45) is -0.0221. The van der Waals surface area contributed by atoms with Gasteiger partial charge in [-0.2, -0.15) is 0 Å². The van der Waals surface area contributed by atoms with Gasteiger partial charge in [0.05, 0.1) is 0 Å². The van der Waals surface area contributed by atoms with Gasteiger partial charge >= 0.3 is 0 Å². The topological polar surface area (TPSA) is 38.3 Å². The second kappa shape index (κ2) is 4.96. The first-order valence-electron chi connectivity index (χ1n) is 6.45. The number of aryl methyl sites for hydroxylation is 1. The fourth-order valence-electron chi connectivity index (χ4n) is 2.27. The predicted octanol–water partition coefficient (Wildman–Crippen LogP) is 3.08. The Morgan fingerprint density at radius 1 is 1.30 bits per heavy atom. The maximum atomic E-state index is 13.2. The summed E-state index contributed by atoms with van der Waals surface area (Å²) in [6, 6.07) is 11.9. The normalized spacial score (nSPS) is 16.4. The number of carbonyl (C=O) groups is 1. The van der Waals surface area contributed by atoms with Crippen LogP contribution in [0, 0.1) is 12.7 Å². The summed E-state index contributed by atoms with van der Waals surface area (Å²) >= 11 is 0. The molecule has 0 radical (unpaired) electrons. The van der Waals surface area contributed by atoms with Gasteiger partial charge in [0.25, 0.3) is 5.91 Å². The summed E-state index contributed by atoms with van der Waals surface area (Å²) in [5.41, 5.74) is 2.31. The van der Waals surface area contributed by atoms with E-state index in [0.29, 0.717) is 12.1 Å². The van der Waals surface area contributed by atoms with Crippen molar-refractivity contribution in [2.45, 2.75) is 19.4 Å². The maximum Gasteiger partial charge on any atom is 0.265 e. The van der Waals surface area contributed by atoms with E-state index >= 15 is 0 Å². The number of hydrogen-bond donors (Lipinski definition) is 1. The summed E-state index contributed by atoms with van der Waals surface area (Å²) < 4.78 is 18.8. The van der Waals surface area contributed by atoms with Gasteiger partial charge in [-0.3, -0.25) is 4.79 Å². The number of hydrogen-bond acceptors (Lipinski definition) is 2. The summed E-state index contributed by atoms with van der Waals surface area (Å²) in [5.74, 6) is 0.111. The average Bonchev–Trinajstić information content (AvgIpc) is 2.87. The zero-order valence-corrected chi connectivity index (χ0v) is 11.0. The van der Waals surface area contributed by atoms with Crippen molar-refractivity contribution < 1.29 is 13.9 Å². The lowest BCUT2D eigenvalue weighted by Crippen LogP contribution is -2.31. The molecule has 20 heavy (non-hydrogen) atoms. The van der Waals surface area contributed by atoms with Crippen LogP contribution in [0.1, 0.15) is 11.1 Å². The van der Waals surface area contributed by atoms with Crippen molar-refractivity contribution in [2.75, 3.05) is 5.32 Å². The zero-order chi connectivity index (χ0) is 14.1. The minimum absolute atomic E-state index is 0.255. The first kappa shape index (κ1) is 12.7. The first-order valence-corrected chi connectivity index (χ1v) is 6.45. The number of halogens is 1. The molecule has 0 aromatic heterocycles. The minimum Gasteiger partial charge on any atom is -0.480 e. The first-order chi connectivity index (χ1) is 9.63. The van der Waals surface area contributed by atoms with Crippen LogP contribution in [0.25, 0.3) is 0 Å². The molecule has 2 aromatic rings. The Bertz CT molecular complexity index is 644. The molecule has 1 atom stereocenters. The van der Waals surface area contributed by atoms with Crippen LogP contribution < -0.4 is 10.1 Å². The lowest BCUT2D eigenvalue weighted by Gasteiger charge is -2.13. The third-order valence-electron chi connectivity index (χ3n) is 3.40. The molecule has 0 saturated carbocycles. The fraction of sp³-hybridized carbons (Fsp3) is 0.188. The smallest absolute Gasteiger partial charge is 0.265 e. The van der Waals surface area contributed by atoms with Crippen LogP contribution in [0.4, 0.5) is 10.1 Å². The van der Waals surface area contributed by atoms with Crippen molar-refractivity contribution in [3.05, 3.63) is 59.4 Å². The third-order valence-corrected chi connectivity index (χ3v) is 3.40. The Hall–Kier alpha value is -2.36. The summed E-state index contributed by atoms with van der Waals surface area (Å²) in [7, 11) is 0. The maximum absolute atomic E-state index is 13.2. The Morgan fingerprint density at radius 2 is 2.10 bits per heavy atom. The second-order valence-electron chi connectivity index (χ2n) is 4.87. The number of anilines is 1. The van der Waals surface area contributed by atoms with Gasteiger partial charge in [-0.1, -0.05) is 24.3 Å². The number of nitrogens with one attached hydrogen (secondary N) is 1. The molecule has 0 bridgehead atoms. The van der Waals surface area contributed by atoms with Gasteiger partial charge in [0.2, 0.25) is 0 Å². The molecule has 1 amide bonds. The summed E-state index contributed by atoms with van der Waals surface area (Å²) in [5, 5.41) is 2.72. The van der Waals surface area contributed by atoms with Crippen LogP contribution in [0.15, 0.2) is 42.5 Å². The van der Waals surface area contributed by atoms with Gasteiger partial charge < -0.3 is 10.1 Å². The molecule has 0 fully saturated rings. The number of fused-ring (bicyclic) bond motifs is 1. The van der Waals surface area contributed by atoms with Crippen molar-refractivity contribution in [1.29, 1.82) is 0 Å². The molecule has 3 rings (SSSR count). The summed E-state index contributed by atoms with van der Waals surface area (Å²) in [6.45, 7) is 1.82. The average molecular weight is 271 g/mol. The monoisotopic (exact) mass is 271 g/mol. The van der Waals surface area contributed by atoms with Gasteiger partial charge in [0, 0.05) is 12.1 Å². The van der Waals surface area contributed by atoms with Crippen molar-refractivity contribution in [3.63, 3.8) is 0 Å². The molecule has 0 spiro atoms. The molecule has 0 unspecified atom stereocenters. The van der Waals surface area contributed by atoms with Gasteiger partial charge in [-0.15, -0.1) is 0 Å². The van der Waals surface area contributed by atoms with Gasteiger partial charge in [-0.25, -0.2) is 4.39 Å². The largest absolute Gasteiger partial charge is 0.480 e. The summed E-state index contributed by atoms with van der Waals surface area (Å²) in [4.78, 5) is 12.2. The number of benzene rings is 2. The molecule has 1 N–H and O–H groups in total. The SMILES string of the molecule is Cc1ccc(F)cc1NC(=O)[C@@H]1Cc2ccccc2O1. The van der Waals surface area contributed by atoms with Crippen molar-refractivity contribution in [2.24, 2.45) is 0 Å². The van der Waals surface area contributed by atoms with E-state index in [1.54, 1.807) is 6.07 Å². The Morgan fingerprint density at radius 3 is 2.90 bits per heavy atom. The van der Waals surface area contributed by atoms with Gasteiger partial charge in [0.1, 0.15) is 11.6 Å². The van der Waals surface area contributed by atoms with Crippen molar-refractivity contribution in [3.8, 4) is 5.75 Å². The van der Waals surface area contributed by atoms with Crippen molar-refractivity contribution in [1.82, 2.24) is 0 Å². The number of carbonyl (C=O) groups excluding carboxylic acids is 1. The van der Waals surface area contributed by atoms with E-state index in [-0.39, 0.29) is 11.7 Å². The molecule has 2 aromatic carbocycles. The highest BCUT2D eigenvalue weighted by molar-refractivity contribution is 5.95. The van der Waals surface area contributed by atoms with Crippen molar-refractivity contribution >= 4 is 11.6 Å². The van der Waals surface area contributed by atoms with E-state index in [9.17, 15) is 9.18 Å². The highest BCUT2D eigenvalue weighted by Gasteiger charge is 2.28. The fourth-order valence-corrected chi connectivity index (χ4v) is 2.27. The number of rotatable bonds is 2. The van der Waals surface area contributed by atoms with E-state index in [2.05, 4.69) is 5.32 Å². The molecule has 3 nitrogen and oxygen atoms in total. The standard InChI is InChI=1S/C16H14FNO2/c1-10-6-7-12(17)9-13(10)18-16(19)15-8-11-4-2-3-5-14(11)20-15/h2-7,9,15H,8H2,1H3,(H,18,19)/t15-/m0/s1. The lowest BCUT2D eigenvalue weighted by molar-refractivity contribution is -0.122. The molecule has 0 aliphatic carbocycles. The quantitative estimate of drug-likeness (QED) is 0.911. The molecule has 4 heteroatoms. The Labute approximate surface area is 116 Å². The Balaban J connectivity index is 1.74. The van der Waals surface area contributed by atoms with Crippen LogP contribution in [0.3, 0.4) is 0 Å². The van der Waals surface area contributed by atoms with Crippen LogP contribution in [0.2, 0.25) is 0 Å². The second-order valence-corrected chi connectivity index (χ2v) is 4.87. The van der Waals surface area contributed by atoms with E-state index in [1.807, 2.05) is 31.2 Å². The number of para-hydroxylation sites is 1. The number of ether oxygens (including phenoxy) is 1. The molecule has 1 aliphatic heterocycles. The number of amides is 1. The molecule has 102 valence electrons. The highest BCUT2D eigenvalue weighted by Crippen LogP contribution is 2.29. The molecular formula is C16H14FNO2.